The van der Waals surface area contributed by atoms with Gasteiger partial charge < -0.3 is 4.90 Å². The highest BCUT2D eigenvalue weighted by atomic mass is 15.1. The van der Waals surface area contributed by atoms with Crippen molar-refractivity contribution < 1.29 is 0 Å². The summed E-state index contributed by atoms with van der Waals surface area (Å²) in [5, 5.41) is 0. The molecule has 0 aliphatic heterocycles. The maximum absolute atomic E-state index is 2.23. The number of hydrogen-bond acceptors (Lipinski definition) is 1. The van der Waals surface area contributed by atoms with E-state index in [2.05, 4.69) is 62.3 Å². The lowest BCUT2D eigenvalue weighted by atomic mass is 10.1. The number of nitrogens with zero attached hydrogens (tertiary/aromatic N) is 1. The van der Waals surface area contributed by atoms with Crippen LogP contribution in [0.15, 0.2) is 30.3 Å². The van der Waals surface area contributed by atoms with Crippen LogP contribution in [0.5, 0.6) is 0 Å². The first-order chi connectivity index (χ1) is 6.74. The van der Waals surface area contributed by atoms with Gasteiger partial charge in [0.2, 0.25) is 0 Å². The van der Waals surface area contributed by atoms with Gasteiger partial charge in [-0.2, -0.15) is 0 Å². The maximum Gasteiger partial charge on any atom is 0.0361 e. The summed E-state index contributed by atoms with van der Waals surface area (Å²) in [5.74, 6) is 0. The Kier molecular flexibility index (Phi) is 4.24. The standard InChI is InChI=1S/C13H19N/c1-4-5-6-7-12-8-10-13(11-9-12)14(2)3/h6-11H,4-5H2,1-3H3/b7-6+. The molecule has 1 aromatic carbocycles. The third-order valence-corrected chi connectivity index (χ3v) is 2.18. The van der Waals surface area contributed by atoms with Crippen LogP contribution in [-0.4, -0.2) is 14.1 Å². The maximum atomic E-state index is 2.23. The third kappa shape index (κ3) is 3.25. The zero-order chi connectivity index (χ0) is 10.4. The van der Waals surface area contributed by atoms with E-state index in [9.17, 15) is 0 Å². The van der Waals surface area contributed by atoms with Crippen LogP contribution < -0.4 is 4.90 Å². The van der Waals surface area contributed by atoms with Gasteiger partial charge in [0, 0.05) is 19.8 Å². The van der Waals surface area contributed by atoms with Gasteiger partial charge in [-0.1, -0.05) is 37.6 Å². The Balaban J connectivity index is 2.64. The van der Waals surface area contributed by atoms with Crippen LogP contribution in [0.3, 0.4) is 0 Å². The van der Waals surface area contributed by atoms with Gasteiger partial charge >= 0.3 is 0 Å². The molecule has 0 saturated heterocycles. The highest BCUT2D eigenvalue weighted by molar-refractivity contribution is 5.55. The zero-order valence-corrected chi connectivity index (χ0v) is 9.33. The fraction of sp³-hybridized carbons (Fsp3) is 0.385. The van der Waals surface area contributed by atoms with E-state index in [1.165, 1.54) is 17.7 Å². The van der Waals surface area contributed by atoms with E-state index in [1.807, 2.05) is 0 Å². The van der Waals surface area contributed by atoms with Gasteiger partial charge in [0.15, 0.2) is 0 Å². The predicted octanol–water partition coefficient (Wildman–Crippen LogP) is 3.57. The third-order valence-electron chi connectivity index (χ3n) is 2.18. The van der Waals surface area contributed by atoms with Crippen molar-refractivity contribution in [3.63, 3.8) is 0 Å². The van der Waals surface area contributed by atoms with E-state index in [0.29, 0.717) is 0 Å². The normalized spacial score (nSPS) is 10.8. The predicted molar refractivity (Wildman–Crippen MR) is 64.7 cm³/mol. The quantitative estimate of drug-likeness (QED) is 0.700. The van der Waals surface area contributed by atoms with Crippen LogP contribution in [0.4, 0.5) is 5.69 Å². The number of benzene rings is 1. The van der Waals surface area contributed by atoms with Crippen molar-refractivity contribution in [1.82, 2.24) is 0 Å². The average Bonchev–Trinajstić information content (AvgIpc) is 2.19. The van der Waals surface area contributed by atoms with Gasteiger partial charge in [0.1, 0.15) is 0 Å². The Morgan fingerprint density at radius 1 is 1.14 bits per heavy atom. The molecular formula is C13H19N. The topological polar surface area (TPSA) is 3.24 Å². The number of anilines is 1. The highest BCUT2D eigenvalue weighted by Crippen LogP contribution is 2.13. The van der Waals surface area contributed by atoms with Crippen LogP contribution >= 0.6 is 0 Å². The number of rotatable bonds is 4. The molecular weight excluding hydrogens is 170 g/mol. The summed E-state index contributed by atoms with van der Waals surface area (Å²) in [6.45, 7) is 2.19. The van der Waals surface area contributed by atoms with Crippen LogP contribution in [0.2, 0.25) is 0 Å². The van der Waals surface area contributed by atoms with Crippen molar-refractivity contribution in [1.29, 1.82) is 0 Å². The fourth-order valence-corrected chi connectivity index (χ4v) is 1.27. The van der Waals surface area contributed by atoms with E-state index in [4.69, 9.17) is 0 Å². The molecule has 0 heterocycles. The first-order valence-corrected chi connectivity index (χ1v) is 5.18. The van der Waals surface area contributed by atoms with Crippen molar-refractivity contribution >= 4 is 11.8 Å². The first kappa shape index (κ1) is 10.8. The summed E-state index contributed by atoms with van der Waals surface area (Å²) in [4.78, 5) is 2.11. The van der Waals surface area contributed by atoms with E-state index < -0.39 is 0 Å². The largest absolute Gasteiger partial charge is 0.378 e. The van der Waals surface area contributed by atoms with Crippen LogP contribution in [-0.2, 0) is 0 Å². The van der Waals surface area contributed by atoms with E-state index >= 15 is 0 Å². The molecule has 0 spiro atoms. The smallest absolute Gasteiger partial charge is 0.0361 e. The molecule has 1 rings (SSSR count). The Morgan fingerprint density at radius 3 is 2.29 bits per heavy atom. The Bertz CT molecular complexity index is 283. The summed E-state index contributed by atoms with van der Waals surface area (Å²) in [6, 6.07) is 8.60. The molecule has 76 valence electrons. The van der Waals surface area contributed by atoms with Gasteiger partial charge in [-0.25, -0.2) is 0 Å². The molecule has 0 aromatic heterocycles. The molecule has 0 aliphatic carbocycles. The number of unbranched alkanes of at least 4 members (excludes halogenated alkanes) is 1. The summed E-state index contributed by atoms with van der Waals surface area (Å²) >= 11 is 0. The first-order valence-electron chi connectivity index (χ1n) is 5.18. The van der Waals surface area contributed by atoms with E-state index in [1.54, 1.807) is 0 Å². The number of hydrogen-bond donors (Lipinski definition) is 0. The van der Waals surface area contributed by atoms with Gasteiger partial charge in [-0.05, 0) is 24.1 Å². The van der Waals surface area contributed by atoms with Crippen molar-refractivity contribution in [3.8, 4) is 0 Å². The average molecular weight is 189 g/mol. The molecule has 0 saturated carbocycles. The summed E-state index contributed by atoms with van der Waals surface area (Å²) in [6.07, 6.45) is 6.79. The van der Waals surface area contributed by atoms with Gasteiger partial charge in [0.05, 0.1) is 0 Å². The fourth-order valence-electron chi connectivity index (χ4n) is 1.27. The molecule has 0 fully saturated rings. The summed E-state index contributed by atoms with van der Waals surface area (Å²) in [7, 11) is 4.11. The molecule has 14 heavy (non-hydrogen) atoms. The highest BCUT2D eigenvalue weighted by Gasteiger charge is 1.92. The molecule has 0 N–H and O–H groups in total. The number of allylic oxidation sites excluding steroid dienone is 1. The van der Waals surface area contributed by atoms with Crippen LogP contribution in [0, 0.1) is 0 Å². The monoisotopic (exact) mass is 189 g/mol. The lowest BCUT2D eigenvalue weighted by Crippen LogP contribution is -2.07. The second-order valence-corrected chi connectivity index (χ2v) is 3.68. The summed E-state index contributed by atoms with van der Waals surface area (Å²) < 4.78 is 0. The molecule has 1 nitrogen and oxygen atoms in total. The molecule has 1 heteroatoms. The minimum absolute atomic E-state index is 1.16. The molecule has 0 atom stereocenters. The second kappa shape index (κ2) is 5.48. The van der Waals surface area contributed by atoms with Gasteiger partial charge in [-0.3, -0.25) is 0 Å². The lowest BCUT2D eigenvalue weighted by Gasteiger charge is -2.11. The van der Waals surface area contributed by atoms with Crippen LogP contribution in [0.25, 0.3) is 6.08 Å². The van der Waals surface area contributed by atoms with Crippen molar-refractivity contribution in [2.45, 2.75) is 19.8 Å². The van der Waals surface area contributed by atoms with E-state index in [-0.39, 0.29) is 0 Å². The summed E-state index contributed by atoms with van der Waals surface area (Å²) in [5.41, 5.74) is 2.53. The molecule has 0 unspecified atom stereocenters. The van der Waals surface area contributed by atoms with Crippen LogP contribution in [0.1, 0.15) is 25.3 Å². The second-order valence-electron chi connectivity index (χ2n) is 3.68. The minimum atomic E-state index is 1.16. The Labute approximate surface area is 87.1 Å². The Morgan fingerprint density at radius 2 is 1.79 bits per heavy atom. The molecule has 1 aromatic rings. The van der Waals surface area contributed by atoms with Crippen molar-refractivity contribution in [2.75, 3.05) is 19.0 Å². The minimum Gasteiger partial charge on any atom is -0.378 e. The molecule has 0 amide bonds. The van der Waals surface area contributed by atoms with Crippen molar-refractivity contribution in [2.24, 2.45) is 0 Å². The molecule has 0 bridgehead atoms. The Hall–Kier alpha value is -1.24. The van der Waals surface area contributed by atoms with E-state index in [0.717, 1.165) is 6.42 Å². The van der Waals surface area contributed by atoms with Gasteiger partial charge in [0.25, 0.3) is 0 Å². The lowest BCUT2D eigenvalue weighted by molar-refractivity contribution is 0.962. The van der Waals surface area contributed by atoms with Crippen molar-refractivity contribution in [3.05, 3.63) is 35.9 Å². The molecule has 0 aliphatic rings. The molecule has 0 radical (unpaired) electrons. The van der Waals surface area contributed by atoms with Gasteiger partial charge in [-0.15, -0.1) is 0 Å². The zero-order valence-electron chi connectivity index (χ0n) is 9.33. The SMILES string of the molecule is CCC/C=C/c1ccc(N(C)C)cc1.